The Morgan fingerprint density at radius 1 is 1.36 bits per heavy atom. The van der Waals surface area contributed by atoms with Gasteiger partial charge in [-0.15, -0.1) is 0 Å². The number of carbonyl (C=O) groups is 1. The van der Waals surface area contributed by atoms with E-state index in [9.17, 15) is 9.18 Å². The van der Waals surface area contributed by atoms with Gasteiger partial charge in [-0.25, -0.2) is 4.39 Å². The van der Waals surface area contributed by atoms with Crippen molar-refractivity contribution in [3.63, 3.8) is 0 Å². The Morgan fingerprint density at radius 3 is 2.64 bits per heavy atom. The Labute approximate surface area is 133 Å². The van der Waals surface area contributed by atoms with Gasteiger partial charge in [0.05, 0.1) is 0 Å². The first-order valence-electron chi connectivity index (χ1n) is 7.91. The maximum absolute atomic E-state index is 13.6. The number of rotatable bonds is 4. The van der Waals surface area contributed by atoms with E-state index in [1.165, 1.54) is 6.07 Å². The van der Waals surface area contributed by atoms with Gasteiger partial charge in [0.15, 0.2) is 0 Å². The maximum Gasteiger partial charge on any atom is 0.223 e. The van der Waals surface area contributed by atoms with Gasteiger partial charge < -0.3 is 9.80 Å². The van der Waals surface area contributed by atoms with Gasteiger partial charge in [-0.2, -0.15) is 0 Å². The Kier molecular flexibility index (Phi) is 4.90. The van der Waals surface area contributed by atoms with E-state index < -0.39 is 0 Å². The van der Waals surface area contributed by atoms with E-state index in [2.05, 4.69) is 25.7 Å². The van der Waals surface area contributed by atoms with Crippen molar-refractivity contribution in [2.24, 2.45) is 5.92 Å². The third kappa shape index (κ3) is 3.86. The molecule has 1 saturated heterocycles. The summed E-state index contributed by atoms with van der Waals surface area (Å²) in [6, 6.07) is 5.22. The Balaban J connectivity index is 1.95. The van der Waals surface area contributed by atoms with Crippen LogP contribution in [-0.2, 0) is 11.3 Å². The van der Waals surface area contributed by atoms with E-state index in [-0.39, 0.29) is 17.3 Å². The molecule has 1 unspecified atom stereocenters. The van der Waals surface area contributed by atoms with Crippen molar-refractivity contribution < 1.29 is 9.18 Å². The van der Waals surface area contributed by atoms with Crippen LogP contribution >= 0.6 is 0 Å². The summed E-state index contributed by atoms with van der Waals surface area (Å²) in [6.07, 6.45) is 0.615. The SMILES string of the molecule is Cc1c(F)cccc1CN(C)CC1CC(=O)N(C(C)(C)C)C1. The monoisotopic (exact) mass is 306 g/mol. The smallest absolute Gasteiger partial charge is 0.223 e. The quantitative estimate of drug-likeness (QED) is 0.853. The normalized spacial score (nSPS) is 19.3. The van der Waals surface area contributed by atoms with Gasteiger partial charge in [-0.3, -0.25) is 4.79 Å². The fourth-order valence-electron chi connectivity index (χ4n) is 3.17. The van der Waals surface area contributed by atoms with Gasteiger partial charge in [0.1, 0.15) is 5.82 Å². The number of nitrogens with zero attached hydrogens (tertiary/aromatic N) is 2. The largest absolute Gasteiger partial charge is 0.338 e. The highest BCUT2D eigenvalue weighted by Crippen LogP contribution is 2.26. The van der Waals surface area contributed by atoms with E-state index in [1.54, 1.807) is 6.07 Å². The van der Waals surface area contributed by atoms with E-state index in [4.69, 9.17) is 0 Å². The van der Waals surface area contributed by atoms with Crippen LogP contribution < -0.4 is 0 Å². The van der Waals surface area contributed by atoms with Crippen molar-refractivity contribution in [3.8, 4) is 0 Å². The average Bonchev–Trinajstić information content (AvgIpc) is 2.75. The summed E-state index contributed by atoms with van der Waals surface area (Å²) in [6.45, 7) is 10.4. The van der Waals surface area contributed by atoms with Gasteiger partial charge in [0.2, 0.25) is 5.91 Å². The molecular formula is C18H27FN2O. The molecule has 1 aliphatic rings. The lowest BCUT2D eigenvalue weighted by atomic mass is 10.1. The minimum Gasteiger partial charge on any atom is -0.338 e. The number of amides is 1. The predicted octanol–water partition coefficient (Wildman–Crippen LogP) is 3.21. The van der Waals surface area contributed by atoms with Crippen molar-refractivity contribution in [2.75, 3.05) is 20.1 Å². The molecule has 122 valence electrons. The van der Waals surface area contributed by atoms with Crippen LogP contribution in [-0.4, -0.2) is 41.4 Å². The van der Waals surface area contributed by atoms with Crippen LogP contribution in [0.1, 0.15) is 38.3 Å². The number of benzene rings is 1. The number of likely N-dealkylation sites (tertiary alicyclic amines) is 1. The fourth-order valence-corrected chi connectivity index (χ4v) is 3.17. The zero-order valence-corrected chi connectivity index (χ0v) is 14.3. The van der Waals surface area contributed by atoms with E-state index in [1.807, 2.05) is 24.9 Å². The molecule has 0 saturated carbocycles. The van der Waals surface area contributed by atoms with Crippen LogP contribution in [0.5, 0.6) is 0 Å². The van der Waals surface area contributed by atoms with Crippen LogP contribution in [0, 0.1) is 18.7 Å². The molecule has 1 amide bonds. The van der Waals surface area contributed by atoms with Crippen molar-refractivity contribution in [3.05, 3.63) is 35.1 Å². The molecule has 1 aliphatic heterocycles. The maximum atomic E-state index is 13.6. The second-order valence-electron chi connectivity index (χ2n) is 7.47. The molecular weight excluding hydrogens is 279 g/mol. The van der Waals surface area contributed by atoms with Crippen molar-refractivity contribution >= 4 is 5.91 Å². The van der Waals surface area contributed by atoms with E-state index >= 15 is 0 Å². The Hall–Kier alpha value is -1.42. The van der Waals surface area contributed by atoms with Crippen LogP contribution in [0.15, 0.2) is 18.2 Å². The summed E-state index contributed by atoms with van der Waals surface area (Å²) in [5, 5.41) is 0. The molecule has 1 aromatic rings. The van der Waals surface area contributed by atoms with Gasteiger partial charge in [-0.05, 0) is 57.9 Å². The van der Waals surface area contributed by atoms with E-state index in [0.29, 0.717) is 24.4 Å². The van der Waals surface area contributed by atoms with Crippen LogP contribution in [0.25, 0.3) is 0 Å². The molecule has 0 spiro atoms. The van der Waals surface area contributed by atoms with E-state index in [0.717, 1.165) is 18.7 Å². The molecule has 1 fully saturated rings. The molecule has 0 radical (unpaired) electrons. The summed E-state index contributed by atoms with van der Waals surface area (Å²) in [4.78, 5) is 16.3. The number of hydrogen-bond donors (Lipinski definition) is 0. The van der Waals surface area contributed by atoms with Gasteiger partial charge in [-0.1, -0.05) is 12.1 Å². The number of carbonyl (C=O) groups excluding carboxylic acids is 1. The molecule has 1 heterocycles. The standard InChI is InChI=1S/C18H27FN2O/c1-13-15(7-6-8-16(13)19)12-20(5)10-14-9-17(22)21(11-14)18(2,3)4/h6-8,14H,9-12H2,1-5H3. The average molecular weight is 306 g/mol. The summed E-state index contributed by atoms with van der Waals surface area (Å²) >= 11 is 0. The predicted molar refractivity (Wildman–Crippen MR) is 87.0 cm³/mol. The number of hydrogen-bond acceptors (Lipinski definition) is 2. The van der Waals surface area contributed by atoms with Crippen molar-refractivity contribution in [1.82, 2.24) is 9.80 Å². The van der Waals surface area contributed by atoms with Gasteiger partial charge in [0.25, 0.3) is 0 Å². The van der Waals surface area contributed by atoms with Crippen LogP contribution in [0.3, 0.4) is 0 Å². The molecule has 0 aliphatic carbocycles. The topological polar surface area (TPSA) is 23.6 Å². The molecule has 2 rings (SSSR count). The van der Waals surface area contributed by atoms with Crippen LogP contribution in [0.4, 0.5) is 4.39 Å². The molecule has 0 N–H and O–H groups in total. The highest BCUT2D eigenvalue weighted by molar-refractivity contribution is 5.79. The zero-order chi connectivity index (χ0) is 16.5. The first-order chi connectivity index (χ1) is 10.2. The number of halogens is 1. The molecule has 1 atom stereocenters. The molecule has 1 aromatic carbocycles. The summed E-state index contributed by atoms with van der Waals surface area (Å²) in [7, 11) is 2.04. The molecule has 3 nitrogen and oxygen atoms in total. The second-order valence-corrected chi connectivity index (χ2v) is 7.47. The van der Waals surface area contributed by atoms with Gasteiger partial charge in [0, 0.05) is 31.6 Å². The first kappa shape index (κ1) is 16.9. The highest BCUT2D eigenvalue weighted by atomic mass is 19.1. The Bertz CT molecular complexity index is 551. The molecule has 22 heavy (non-hydrogen) atoms. The minimum atomic E-state index is -0.152. The summed E-state index contributed by atoms with van der Waals surface area (Å²) < 4.78 is 13.6. The van der Waals surface area contributed by atoms with Crippen molar-refractivity contribution in [2.45, 2.75) is 46.2 Å². The first-order valence-corrected chi connectivity index (χ1v) is 7.91. The third-order valence-corrected chi connectivity index (χ3v) is 4.40. The van der Waals surface area contributed by atoms with Crippen LogP contribution in [0.2, 0.25) is 0 Å². The minimum absolute atomic E-state index is 0.108. The fraction of sp³-hybridized carbons (Fsp3) is 0.611. The summed E-state index contributed by atoms with van der Waals surface area (Å²) in [5.74, 6) is 0.444. The lowest BCUT2D eigenvalue weighted by Crippen LogP contribution is -2.42. The second kappa shape index (κ2) is 6.37. The molecule has 0 bridgehead atoms. The van der Waals surface area contributed by atoms with Gasteiger partial charge >= 0.3 is 0 Å². The lowest BCUT2D eigenvalue weighted by molar-refractivity contribution is -0.131. The third-order valence-electron chi connectivity index (χ3n) is 4.40. The summed E-state index contributed by atoms with van der Waals surface area (Å²) in [5.41, 5.74) is 1.62. The van der Waals surface area contributed by atoms with Crippen molar-refractivity contribution in [1.29, 1.82) is 0 Å². The highest BCUT2D eigenvalue weighted by Gasteiger charge is 2.36. The lowest BCUT2D eigenvalue weighted by Gasteiger charge is -2.32. The Morgan fingerprint density at radius 2 is 2.05 bits per heavy atom. The molecule has 4 heteroatoms. The molecule has 0 aromatic heterocycles. The zero-order valence-electron chi connectivity index (χ0n) is 14.3.